The highest BCUT2D eigenvalue weighted by Crippen LogP contribution is 2.13. The van der Waals surface area contributed by atoms with Crippen molar-refractivity contribution >= 4 is 29.6 Å². The van der Waals surface area contributed by atoms with Gasteiger partial charge in [-0.15, -0.1) is 0 Å². The lowest BCUT2D eigenvalue weighted by atomic mass is 10.1. The van der Waals surface area contributed by atoms with Crippen LogP contribution in [-0.4, -0.2) is 133 Å². The molecule has 49 heavy (non-hydrogen) atoms. The van der Waals surface area contributed by atoms with Gasteiger partial charge in [0.05, 0.1) is 37.4 Å². The van der Waals surface area contributed by atoms with Crippen LogP contribution in [0.5, 0.6) is 0 Å². The normalized spacial score (nSPS) is 14.2. The summed E-state index contributed by atoms with van der Waals surface area (Å²) in [7, 11) is 0. The van der Waals surface area contributed by atoms with Crippen molar-refractivity contribution in [2.75, 3.05) is 72.2 Å². The number of non-ortho nitro benzene ring substituents is 1. The molecule has 0 radical (unpaired) electrons. The fourth-order valence-electron chi connectivity index (χ4n) is 3.84. The highest BCUT2D eigenvalue weighted by atomic mass is 19.4. The van der Waals surface area contributed by atoms with Gasteiger partial charge in [-0.1, -0.05) is 5.43 Å². The number of amides is 2. The Kier molecular flexibility index (Phi) is 19.5. The Morgan fingerprint density at radius 2 is 1.61 bits per heavy atom. The minimum Gasteiger partial charge on any atom is -0.475 e. The smallest absolute Gasteiger partial charge is 0.475 e. The predicted molar refractivity (Wildman–Crippen MR) is 163 cm³/mol. The van der Waals surface area contributed by atoms with Crippen molar-refractivity contribution in [3.63, 3.8) is 0 Å². The van der Waals surface area contributed by atoms with E-state index in [0.29, 0.717) is 70.9 Å². The molecule has 1 saturated heterocycles. The van der Waals surface area contributed by atoms with E-state index in [0.717, 1.165) is 0 Å². The maximum atomic E-state index is 12.6. The fraction of sp³-hybridized carbons (Fsp3) is 0.615. The van der Waals surface area contributed by atoms with E-state index >= 15 is 0 Å². The first-order valence-electron chi connectivity index (χ1n) is 14.7. The number of carbonyl (C=O) groups is 3. The average molecular weight is 712 g/mol. The van der Waals surface area contributed by atoms with Crippen LogP contribution in [0.1, 0.15) is 18.4 Å². The molecule has 1 aromatic carbocycles. The molecule has 1 atom stereocenters. The molecular weight excluding hydrogens is 671 g/mol. The van der Waals surface area contributed by atoms with Crippen LogP contribution in [0.2, 0.25) is 0 Å². The van der Waals surface area contributed by atoms with Gasteiger partial charge in [0.15, 0.2) is 5.03 Å². The van der Waals surface area contributed by atoms with Gasteiger partial charge in [0, 0.05) is 57.9 Å². The van der Waals surface area contributed by atoms with Crippen molar-refractivity contribution in [2.45, 2.75) is 31.7 Å². The van der Waals surface area contributed by atoms with Gasteiger partial charge in [-0.05, 0) is 30.5 Å². The van der Waals surface area contributed by atoms with Crippen molar-refractivity contribution < 1.29 is 56.8 Å². The lowest BCUT2D eigenvalue weighted by molar-refractivity contribution is -0.525. The molecule has 2 rings (SSSR count). The van der Waals surface area contributed by atoms with Gasteiger partial charge in [-0.3, -0.25) is 19.8 Å². The molecule has 1 fully saturated rings. The summed E-state index contributed by atoms with van der Waals surface area (Å²) in [5.41, 5.74) is 13.7. The van der Waals surface area contributed by atoms with Crippen LogP contribution in [0.15, 0.2) is 29.3 Å². The van der Waals surface area contributed by atoms with Gasteiger partial charge in [-0.2, -0.15) is 13.2 Å². The molecule has 0 unspecified atom stereocenters. The Morgan fingerprint density at radius 3 is 2.16 bits per heavy atom. The number of aliphatic imine (C=N–C) groups is 1. The van der Waals surface area contributed by atoms with Gasteiger partial charge in [0.25, 0.3) is 11.6 Å². The average Bonchev–Trinajstić information content (AvgIpc) is 3.04. The Bertz CT molecular complexity index is 1230. The van der Waals surface area contributed by atoms with E-state index in [9.17, 15) is 43.0 Å². The molecule has 1 aliphatic heterocycles. The molecule has 2 amide bonds. The minimum atomic E-state index is -5.08. The Labute approximate surface area is 277 Å². The van der Waals surface area contributed by atoms with E-state index in [-0.39, 0.29) is 43.9 Å². The molecule has 20 nitrogen and oxygen atoms in total. The zero-order chi connectivity index (χ0) is 36.8. The standard InChI is InChI=1S/C24H39N9O9.C2HF3O2/c25-21(2-1-7-27-23(26)29-33(38)39)22(34)31-11-9-30(10-12-31)13-15-41-17-16-40-14-8-28-24(35)42-18-19-3-5-20(6-4-19)32(36)37;3-2(4,5)1(6)7/h3-6,21H,1-2,7-18,25H2,(H,28,35)(H3,26,27,29);(H,6,7)/t21-;/m0./s1. The highest BCUT2D eigenvalue weighted by Gasteiger charge is 2.38. The van der Waals surface area contributed by atoms with E-state index < -0.39 is 34.2 Å². The molecule has 0 aliphatic carbocycles. The minimum absolute atomic E-state index is 0.00135. The Morgan fingerprint density at radius 1 is 1.02 bits per heavy atom. The molecule has 1 aliphatic rings. The largest absolute Gasteiger partial charge is 0.490 e. The number of hydrazine groups is 1. The van der Waals surface area contributed by atoms with E-state index in [1.54, 1.807) is 10.3 Å². The number of nitrogens with two attached hydrogens (primary N) is 2. The third-order valence-corrected chi connectivity index (χ3v) is 6.36. The summed E-state index contributed by atoms with van der Waals surface area (Å²) < 4.78 is 47.8. The van der Waals surface area contributed by atoms with Crippen LogP contribution in [0.25, 0.3) is 0 Å². The van der Waals surface area contributed by atoms with E-state index in [2.05, 4.69) is 15.2 Å². The summed E-state index contributed by atoms with van der Waals surface area (Å²) in [6, 6.07) is 5.08. The zero-order valence-electron chi connectivity index (χ0n) is 26.3. The number of ether oxygens (including phenoxy) is 3. The van der Waals surface area contributed by atoms with Crippen molar-refractivity contribution in [1.82, 2.24) is 20.5 Å². The molecule has 0 spiro atoms. The number of benzene rings is 1. The van der Waals surface area contributed by atoms with Gasteiger partial charge in [0.2, 0.25) is 5.91 Å². The molecule has 7 N–H and O–H groups in total. The molecule has 0 saturated carbocycles. The monoisotopic (exact) mass is 711 g/mol. The van der Waals surface area contributed by atoms with E-state index in [1.165, 1.54) is 24.3 Å². The summed E-state index contributed by atoms with van der Waals surface area (Å²) in [6.45, 7) is 5.31. The summed E-state index contributed by atoms with van der Waals surface area (Å²) in [5.74, 6) is -3.18. The first-order valence-corrected chi connectivity index (χ1v) is 14.7. The second-order valence-electron chi connectivity index (χ2n) is 10.0. The van der Waals surface area contributed by atoms with Gasteiger partial charge >= 0.3 is 18.2 Å². The summed E-state index contributed by atoms with van der Waals surface area (Å²) >= 11 is 0. The number of hydrogen-bond acceptors (Lipinski definition) is 13. The second kappa shape index (κ2) is 22.7. The van der Waals surface area contributed by atoms with Crippen molar-refractivity contribution in [2.24, 2.45) is 16.5 Å². The third-order valence-electron chi connectivity index (χ3n) is 6.36. The number of nitrogens with one attached hydrogen (secondary N) is 2. The molecule has 23 heteroatoms. The summed E-state index contributed by atoms with van der Waals surface area (Å²) in [5, 5.41) is 29.8. The molecule has 0 bridgehead atoms. The second-order valence-corrected chi connectivity index (χ2v) is 10.0. The number of hydrogen-bond donors (Lipinski definition) is 5. The fourth-order valence-corrected chi connectivity index (χ4v) is 3.84. The van der Waals surface area contributed by atoms with Crippen LogP contribution < -0.4 is 22.2 Å². The maximum Gasteiger partial charge on any atom is 0.490 e. The van der Waals surface area contributed by atoms with Gasteiger partial charge in [0.1, 0.15) is 6.61 Å². The number of alkyl halides is 3. The number of aliphatic carboxylic acids is 1. The van der Waals surface area contributed by atoms with Crippen LogP contribution in [0.3, 0.4) is 0 Å². The molecule has 1 heterocycles. The van der Waals surface area contributed by atoms with Crippen molar-refractivity contribution in [1.29, 1.82) is 0 Å². The van der Waals surface area contributed by atoms with E-state index in [1.807, 2.05) is 0 Å². The number of rotatable bonds is 18. The zero-order valence-corrected chi connectivity index (χ0v) is 26.3. The van der Waals surface area contributed by atoms with Crippen LogP contribution in [0, 0.1) is 20.2 Å². The quantitative estimate of drug-likeness (QED) is 0.0435. The predicted octanol–water partition coefficient (Wildman–Crippen LogP) is -0.165. The van der Waals surface area contributed by atoms with Crippen molar-refractivity contribution in [3.05, 3.63) is 50.1 Å². The Hall–Kier alpha value is -4.87. The first-order chi connectivity index (χ1) is 23.1. The van der Waals surface area contributed by atoms with Crippen LogP contribution in [-0.2, 0) is 30.4 Å². The van der Waals surface area contributed by atoms with Gasteiger partial charge < -0.3 is 41.0 Å². The number of nitrogens with zero attached hydrogens (tertiary/aromatic N) is 5. The summed E-state index contributed by atoms with van der Waals surface area (Å²) in [4.78, 5) is 61.4. The number of alkyl carbamates (subject to hydrolysis) is 1. The molecular formula is C26H40F3N9O11. The Balaban J connectivity index is 0.00000154. The van der Waals surface area contributed by atoms with Crippen LogP contribution >= 0.6 is 0 Å². The SMILES string of the molecule is NC(=NCCC[C@H](N)C(=O)N1CCN(CCOCCOCCNC(=O)OCc2ccc([N+](=O)[O-])cc2)CC1)N[N+](=O)[O-].O=C(O)C(F)(F)F. The molecule has 0 aromatic heterocycles. The highest BCUT2D eigenvalue weighted by molar-refractivity contribution is 5.81. The number of piperazine rings is 1. The number of carboxylic acids is 1. The van der Waals surface area contributed by atoms with Crippen molar-refractivity contribution in [3.8, 4) is 0 Å². The van der Waals surface area contributed by atoms with Gasteiger partial charge in [-0.25, -0.2) is 24.7 Å². The number of carbonyl (C=O) groups excluding carboxylic acids is 2. The summed E-state index contributed by atoms with van der Waals surface area (Å²) in [6.07, 6.45) is -4.82. The molecule has 1 aromatic rings. The lowest BCUT2D eigenvalue weighted by Gasteiger charge is -2.35. The molecule has 276 valence electrons. The number of nitro groups is 2. The topological polar surface area (TPSA) is 280 Å². The number of nitro benzene ring substituents is 1. The van der Waals surface area contributed by atoms with Crippen LogP contribution in [0.4, 0.5) is 23.7 Å². The number of carboxylic acid groups (broad SMARTS) is 1. The third kappa shape index (κ3) is 19.5. The number of halogens is 3. The number of guanidine groups is 1. The first kappa shape index (κ1) is 42.2. The maximum absolute atomic E-state index is 12.6. The lowest BCUT2D eigenvalue weighted by Crippen LogP contribution is -2.53. The van der Waals surface area contributed by atoms with E-state index in [4.69, 9.17) is 35.6 Å².